The second kappa shape index (κ2) is 6.46. The summed E-state index contributed by atoms with van der Waals surface area (Å²) in [5, 5.41) is 0. The van der Waals surface area contributed by atoms with Gasteiger partial charge in [0.1, 0.15) is 0 Å². The highest BCUT2D eigenvalue weighted by atomic mass is 16.7. The molecule has 1 aromatic heterocycles. The maximum absolute atomic E-state index is 12.8. The van der Waals surface area contributed by atoms with Crippen LogP contribution in [0, 0.1) is 0 Å². The quantitative estimate of drug-likeness (QED) is 0.829. The third-order valence-electron chi connectivity index (χ3n) is 4.30. The summed E-state index contributed by atoms with van der Waals surface area (Å²) in [7, 11) is 1.58. The zero-order chi connectivity index (χ0) is 17.2. The van der Waals surface area contributed by atoms with Crippen LogP contribution >= 0.6 is 0 Å². The molecule has 8 heteroatoms. The molecular formula is C17H18N4O4. The number of hydrogen-bond acceptors (Lipinski definition) is 7. The number of para-hydroxylation sites is 1. The summed E-state index contributed by atoms with van der Waals surface area (Å²) in [6, 6.07) is 7.09. The molecule has 0 aliphatic carbocycles. The number of rotatable bonds is 3. The molecule has 1 saturated heterocycles. The van der Waals surface area contributed by atoms with Crippen LogP contribution in [0.25, 0.3) is 0 Å². The molecule has 0 bridgehead atoms. The summed E-state index contributed by atoms with van der Waals surface area (Å²) in [6.45, 7) is 2.64. The Labute approximate surface area is 144 Å². The Morgan fingerprint density at radius 3 is 2.80 bits per heavy atom. The van der Waals surface area contributed by atoms with E-state index in [9.17, 15) is 4.79 Å². The zero-order valence-corrected chi connectivity index (χ0v) is 13.8. The maximum Gasteiger partial charge on any atom is 0.257 e. The lowest BCUT2D eigenvalue weighted by molar-refractivity contribution is 0.0741. The number of nitrogens with zero attached hydrogens (tertiary/aromatic N) is 4. The van der Waals surface area contributed by atoms with E-state index in [1.54, 1.807) is 37.6 Å². The Morgan fingerprint density at radius 2 is 2.00 bits per heavy atom. The highest BCUT2D eigenvalue weighted by Crippen LogP contribution is 2.36. The average molecular weight is 342 g/mol. The number of aromatic nitrogens is 2. The molecule has 4 rings (SSSR count). The molecule has 0 radical (unpaired) electrons. The fraction of sp³-hybridized carbons (Fsp3) is 0.353. The van der Waals surface area contributed by atoms with Gasteiger partial charge in [0.05, 0.1) is 12.7 Å². The van der Waals surface area contributed by atoms with Crippen molar-refractivity contribution < 1.29 is 19.0 Å². The number of anilines is 1. The van der Waals surface area contributed by atoms with Gasteiger partial charge < -0.3 is 24.0 Å². The van der Waals surface area contributed by atoms with Crippen LogP contribution in [0.2, 0.25) is 0 Å². The van der Waals surface area contributed by atoms with Crippen LogP contribution < -0.4 is 19.1 Å². The van der Waals surface area contributed by atoms with Crippen molar-refractivity contribution in [3.05, 3.63) is 36.0 Å². The average Bonchev–Trinajstić information content (AvgIpc) is 3.16. The predicted molar refractivity (Wildman–Crippen MR) is 89.3 cm³/mol. The minimum absolute atomic E-state index is 0.0476. The molecule has 0 N–H and O–H groups in total. The summed E-state index contributed by atoms with van der Waals surface area (Å²) in [4.78, 5) is 25.3. The lowest BCUT2D eigenvalue weighted by Crippen LogP contribution is -2.49. The number of fused-ring (bicyclic) bond motifs is 1. The molecule has 0 spiro atoms. The van der Waals surface area contributed by atoms with Crippen molar-refractivity contribution >= 4 is 11.9 Å². The molecule has 8 nitrogen and oxygen atoms in total. The first kappa shape index (κ1) is 15.5. The lowest BCUT2D eigenvalue weighted by Gasteiger charge is -2.34. The first-order valence-electron chi connectivity index (χ1n) is 8.06. The minimum atomic E-state index is -0.0476. The Bertz CT molecular complexity index is 790. The van der Waals surface area contributed by atoms with E-state index in [-0.39, 0.29) is 12.7 Å². The van der Waals surface area contributed by atoms with E-state index >= 15 is 0 Å². The fourth-order valence-electron chi connectivity index (χ4n) is 2.98. The molecule has 3 heterocycles. The number of benzene rings is 1. The van der Waals surface area contributed by atoms with Gasteiger partial charge in [-0.25, -0.2) is 4.98 Å². The van der Waals surface area contributed by atoms with Crippen LogP contribution in [0.15, 0.2) is 30.5 Å². The molecule has 0 saturated carbocycles. The molecule has 130 valence electrons. The van der Waals surface area contributed by atoms with E-state index in [1.165, 1.54) is 0 Å². The number of methoxy groups -OCH3 is 1. The zero-order valence-electron chi connectivity index (χ0n) is 13.8. The Morgan fingerprint density at radius 1 is 1.16 bits per heavy atom. The van der Waals surface area contributed by atoms with Crippen LogP contribution in [0.1, 0.15) is 10.4 Å². The summed E-state index contributed by atoms with van der Waals surface area (Å²) in [5.74, 6) is 2.25. The van der Waals surface area contributed by atoms with Crippen LogP contribution in [0.3, 0.4) is 0 Å². The van der Waals surface area contributed by atoms with Gasteiger partial charge in [-0.1, -0.05) is 6.07 Å². The third kappa shape index (κ3) is 2.90. The summed E-state index contributed by atoms with van der Waals surface area (Å²) in [5.41, 5.74) is 0.543. The van der Waals surface area contributed by atoms with Gasteiger partial charge in [-0.15, -0.1) is 0 Å². The maximum atomic E-state index is 12.8. The van der Waals surface area contributed by atoms with E-state index in [4.69, 9.17) is 14.2 Å². The Hall–Kier alpha value is -3.03. The summed E-state index contributed by atoms with van der Waals surface area (Å²) in [6.07, 6.45) is 1.67. The molecule has 1 fully saturated rings. The van der Waals surface area contributed by atoms with Gasteiger partial charge in [-0.3, -0.25) is 4.79 Å². The van der Waals surface area contributed by atoms with Crippen molar-refractivity contribution in [1.82, 2.24) is 14.9 Å². The SMILES string of the molecule is COc1ccnc(N2CCN(C(=O)c3cccc4c3OCO4)CC2)n1. The predicted octanol–water partition coefficient (Wildman–Crippen LogP) is 1.18. The van der Waals surface area contributed by atoms with E-state index < -0.39 is 0 Å². The van der Waals surface area contributed by atoms with E-state index in [0.717, 1.165) is 0 Å². The number of carbonyl (C=O) groups excluding carboxylic acids is 1. The topological polar surface area (TPSA) is 77.0 Å². The molecule has 2 aromatic rings. The highest BCUT2D eigenvalue weighted by molar-refractivity contribution is 5.98. The second-order valence-corrected chi connectivity index (χ2v) is 5.72. The van der Waals surface area contributed by atoms with Gasteiger partial charge in [0, 0.05) is 38.4 Å². The number of amides is 1. The molecule has 2 aliphatic heterocycles. The summed E-state index contributed by atoms with van der Waals surface area (Å²) < 4.78 is 15.9. The Kier molecular flexibility index (Phi) is 4.01. The highest BCUT2D eigenvalue weighted by Gasteiger charge is 2.28. The fourth-order valence-corrected chi connectivity index (χ4v) is 2.98. The van der Waals surface area contributed by atoms with Crippen LogP contribution in [0.4, 0.5) is 5.95 Å². The van der Waals surface area contributed by atoms with Crippen molar-refractivity contribution in [3.8, 4) is 17.4 Å². The monoisotopic (exact) mass is 342 g/mol. The summed E-state index contributed by atoms with van der Waals surface area (Å²) >= 11 is 0. The first-order valence-corrected chi connectivity index (χ1v) is 8.06. The third-order valence-corrected chi connectivity index (χ3v) is 4.30. The van der Waals surface area contributed by atoms with Gasteiger partial charge in [-0.2, -0.15) is 4.98 Å². The number of hydrogen-bond donors (Lipinski definition) is 0. The molecule has 0 unspecified atom stereocenters. The van der Waals surface area contributed by atoms with Gasteiger partial charge >= 0.3 is 0 Å². The smallest absolute Gasteiger partial charge is 0.257 e. The van der Waals surface area contributed by atoms with Gasteiger partial charge in [0.15, 0.2) is 11.5 Å². The van der Waals surface area contributed by atoms with Crippen LogP contribution in [0.5, 0.6) is 17.4 Å². The van der Waals surface area contributed by atoms with Gasteiger partial charge in [0.25, 0.3) is 5.91 Å². The van der Waals surface area contributed by atoms with Crippen molar-refractivity contribution in [2.75, 3.05) is 45.0 Å². The molecule has 2 aliphatic rings. The Balaban J connectivity index is 1.45. The van der Waals surface area contributed by atoms with Crippen molar-refractivity contribution in [1.29, 1.82) is 0 Å². The van der Waals surface area contributed by atoms with Gasteiger partial charge in [-0.05, 0) is 12.1 Å². The molecule has 0 atom stereocenters. The first-order chi connectivity index (χ1) is 12.3. The normalized spacial score (nSPS) is 16.0. The molecule has 1 amide bonds. The lowest BCUT2D eigenvalue weighted by atomic mass is 10.1. The molecular weight excluding hydrogens is 324 g/mol. The van der Waals surface area contributed by atoms with Crippen molar-refractivity contribution in [2.24, 2.45) is 0 Å². The van der Waals surface area contributed by atoms with E-state index in [0.29, 0.717) is 55.1 Å². The van der Waals surface area contributed by atoms with Crippen LogP contribution in [-0.4, -0.2) is 60.9 Å². The largest absolute Gasteiger partial charge is 0.481 e. The second-order valence-electron chi connectivity index (χ2n) is 5.72. The number of piperazine rings is 1. The van der Waals surface area contributed by atoms with E-state index in [1.807, 2.05) is 9.80 Å². The number of ether oxygens (including phenoxy) is 3. The van der Waals surface area contributed by atoms with E-state index in [2.05, 4.69) is 9.97 Å². The standard InChI is InChI=1S/C17H18N4O4/c1-23-14-5-6-18-17(19-14)21-9-7-20(8-10-21)16(22)12-3-2-4-13-15(12)25-11-24-13/h2-6H,7-11H2,1H3. The van der Waals surface area contributed by atoms with Crippen molar-refractivity contribution in [2.45, 2.75) is 0 Å². The van der Waals surface area contributed by atoms with Crippen LogP contribution in [-0.2, 0) is 0 Å². The molecule has 1 aromatic carbocycles. The van der Waals surface area contributed by atoms with Gasteiger partial charge in [0.2, 0.25) is 18.6 Å². The minimum Gasteiger partial charge on any atom is -0.481 e. The molecule has 25 heavy (non-hydrogen) atoms. The van der Waals surface area contributed by atoms with Crippen molar-refractivity contribution in [3.63, 3.8) is 0 Å². The number of carbonyl (C=O) groups is 1.